The van der Waals surface area contributed by atoms with Crippen molar-refractivity contribution in [3.05, 3.63) is 23.3 Å². The van der Waals surface area contributed by atoms with Crippen LogP contribution in [0.25, 0.3) is 0 Å². The highest BCUT2D eigenvalue weighted by Gasteiger charge is 2.57. The Morgan fingerprint density at radius 3 is 2.41 bits per heavy atom. The lowest BCUT2D eigenvalue weighted by molar-refractivity contribution is -0.0283. The van der Waals surface area contributed by atoms with E-state index < -0.39 is 12.2 Å². The van der Waals surface area contributed by atoms with Gasteiger partial charge >= 0.3 is 0 Å². The summed E-state index contributed by atoms with van der Waals surface area (Å²) in [4.78, 5) is 0. The average Bonchev–Trinajstić information content (AvgIpc) is 3.02. The molecule has 164 valence electrons. The Labute approximate surface area is 178 Å². The molecule has 3 saturated carbocycles. The van der Waals surface area contributed by atoms with Crippen molar-refractivity contribution in [2.45, 2.75) is 105 Å². The Morgan fingerprint density at radius 1 is 0.931 bits per heavy atom. The maximum absolute atomic E-state index is 10.7. The van der Waals surface area contributed by atoms with Gasteiger partial charge in [0.25, 0.3) is 0 Å². The Morgan fingerprint density at radius 2 is 1.69 bits per heavy atom. The average molecular weight is 401 g/mol. The molecule has 4 aliphatic rings. The molecule has 4 aliphatic carbocycles. The Bertz CT molecular complexity index is 676. The van der Waals surface area contributed by atoms with Gasteiger partial charge in [-0.3, -0.25) is 0 Å². The zero-order valence-electron chi connectivity index (χ0n) is 19.5. The predicted octanol–water partition coefficient (Wildman–Crippen LogP) is 6.28. The second-order valence-electron chi connectivity index (χ2n) is 11.9. The summed E-state index contributed by atoms with van der Waals surface area (Å²) >= 11 is 0. The molecule has 0 aromatic rings. The summed E-state index contributed by atoms with van der Waals surface area (Å²) in [5.41, 5.74) is 3.29. The van der Waals surface area contributed by atoms with E-state index in [1.165, 1.54) is 44.9 Å². The molecule has 0 bridgehead atoms. The molecular formula is C27H44O2. The van der Waals surface area contributed by atoms with E-state index in [-0.39, 0.29) is 5.41 Å². The molecule has 4 rings (SSSR count). The summed E-state index contributed by atoms with van der Waals surface area (Å²) in [6, 6.07) is 0. The normalized spacial score (nSPS) is 45.2. The van der Waals surface area contributed by atoms with Gasteiger partial charge in [0.1, 0.15) is 6.10 Å². The molecular weight excluding hydrogens is 356 g/mol. The number of hydrogen-bond acceptors (Lipinski definition) is 2. The van der Waals surface area contributed by atoms with Crippen molar-refractivity contribution >= 4 is 0 Å². The van der Waals surface area contributed by atoms with Crippen molar-refractivity contribution in [1.29, 1.82) is 0 Å². The molecule has 0 radical (unpaired) electrons. The van der Waals surface area contributed by atoms with Gasteiger partial charge in [0.15, 0.2) is 0 Å². The van der Waals surface area contributed by atoms with E-state index >= 15 is 0 Å². The first-order chi connectivity index (χ1) is 13.7. The quantitative estimate of drug-likeness (QED) is 0.570. The van der Waals surface area contributed by atoms with Gasteiger partial charge in [-0.15, -0.1) is 0 Å². The molecule has 0 spiro atoms. The third kappa shape index (κ3) is 3.47. The van der Waals surface area contributed by atoms with Crippen molar-refractivity contribution in [2.24, 2.45) is 40.4 Å². The van der Waals surface area contributed by atoms with Crippen LogP contribution in [0.1, 0.15) is 92.4 Å². The van der Waals surface area contributed by atoms with Crippen LogP contribution in [0.3, 0.4) is 0 Å². The molecule has 0 aromatic carbocycles. The largest absolute Gasteiger partial charge is 0.390 e. The first-order valence-electron chi connectivity index (χ1n) is 12.5. The molecule has 0 saturated heterocycles. The molecule has 2 nitrogen and oxygen atoms in total. The lowest BCUT2D eigenvalue weighted by Gasteiger charge is -2.56. The van der Waals surface area contributed by atoms with Gasteiger partial charge in [0.2, 0.25) is 0 Å². The number of allylic oxidation sites excluding steroid dienone is 3. The van der Waals surface area contributed by atoms with Crippen molar-refractivity contribution in [2.75, 3.05) is 0 Å². The summed E-state index contributed by atoms with van der Waals surface area (Å²) < 4.78 is 0. The fourth-order valence-corrected chi connectivity index (χ4v) is 8.08. The number of aliphatic hydroxyl groups excluding tert-OH is 2. The minimum atomic E-state index is -0.669. The molecule has 0 unspecified atom stereocenters. The monoisotopic (exact) mass is 400 g/mol. The zero-order chi connectivity index (χ0) is 21.0. The third-order valence-electron chi connectivity index (χ3n) is 9.84. The number of rotatable bonds is 5. The highest BCUT2D eigenvalue weighted by Crippen LogP contribution is 2.66. The van der Waals surface area contributed by atoms with Crippen molar-refractivity contribution < 1.29 is 10.2 Å². The van der Waals surface area contributed by atoms with Crippen LogP contribution in [0, 0.1) is 40.4 Å². The van der Waals surface area contributed by atoms with Gasteiger partial charge < -0.3 is 10.2 Å². The lowest BCUT2D eigenvalue weighted by Crippen LogP contribution is -2.50. The van der Waals surface area contributed by atoms with Gasteiger partial charge in [-0.25, -0.2) is 0 Å². The zero-order valence-corrected chi connectivity index (χ0v) is 19.5. The van der Waals surface area contributed by atoms with E-state index in [9.17, 15) is 10.2 Å². The maximum Gasteiger partial charge on any atom is 0.102 e. The summed E-state index contributed by atoms with van der Waals surface area (Å²) in [6.07, 6.45) is 14.5. The van der Waals surface area contributed by atoms with E-state index in [1.807, 2.05) is 0 Å². The van der Waals surface area contributed by atoms with E-state index in [4.69, 9.17) is 0 Å². The standard InChI is InChI=1S/C27H44O2/c1-17(2)7-6-8-18(3)20-11-12-21-19-9-10-23-25(29)24(28)14-16-27(23,5)22(19)13-15-26(20,21)4/h9-10,17-18,20-22,24-25,28-29H,6-8,11-16H2,1-5H3/t18-,20-,21+,22+,24+,25-,26-,27-/m1/s1. The minimum Gasteiger partial charge on any atom is -0.390 e. The van der Waals surface area contributed by atoms with E-state index in [0.29, 0.717) is 11.3 Å². The van der Waals surface area contributed by atoms with Gasteiger partial charge in [-0.05, 0) is 84.5 Å². The molecule has 0 heterocycles. The van der Waals surface area contributed by atoms with Gasteiger partial charge in [-0.1, -0.05) is 71.6 Å². The van der Waals surface area contributed by atoms with Crippen LogP contribution in [-0.4, -0.2) is 22.4 Å². The SMILES string of the molecule is CC(C)CCC[C@@H](C)[C@H]1CC[C@H]2C3=CC=C4[C@@H](O)[C@@H](O)CC[C@]4(C)[C@H]3CC[C@]12C. The van der Waals surface area contributed by atoms with Crippen molar-refractivity contribution in [3.8, 4) is 0 Å². The molecule has 0 aromatic heterocycles. The Hall–Kier alpha value is -0.600. The highest BCUT2D eigenvalue weighted by atomic mass is 16.3. The molecule has 8 atom stereocenters. The lowest BCUT2D eigenvalue weighted by atomic mass is 9.49. The third-order valence-corrected chi connectivity index (χ3v) is 9.84. The summed E-state index contributed by atoms with van der Waals surface area (Å²) in [6.45, 7) is 12.2. The van der Waals surface area contributed by atoms with Crippen LogP contribution in [0.15, 0.2) is 23.3 Å². The first kappa shape index (κ1) is 21.6. The first-order valence-corrected chi connectivity index (χ1v) is 12.5. The molecule has 29 heavy (non-hydrogen) atoms. The molecule has 2 N–H and O–H groups in total. The van der Waals surface area contributed by atoms with Crippen LogP contribution in [0.5, 0.6) is 0 Å². The van der Waals surface area contributed by atoms with Crippen LogP contribution < -0.4 is 0 Å². The molecule has 2 heteroatoms. The van der Waals surface area contributed by atoms with Crippen molar-refractivity contribution in [1.82, 2.24) is 0 Å². The maximum atomic E-state index is 10.7. The molecule has 0 aliphatic heterocycles. The van der Waals surface area contributed by atoms with E-state index in [1.54, 1.807) is 5.57 Å². The smallest absolute Gasteiger partial charge is 0.102 e. The highest BCUT2D eigenvalue weighted by molar-refractivity contribution is 5.40. The summed E-state index contributed by atoms with van der Waals surface area (Å²) in [7, 11) is 0. The Kier molecular flexibility index (Phi) is 5.84. The van der Waals surface area contributed by atoms with Crippen LogP contribution in [0.4, 0.5) is 0 Å². The van der Waals surface area contributed by atoms with Crippen molar-refractivity contribution in [3.63, 3.8) is 0 Å². The minimum absolute atomic E-state index is 0.0467. The van der Waals surface area contributed by atoms with Gasteiger partial charge in [-0.2, -0.15) is 0 Å². The predicted molar refractivity (Wildman–Crippen MR) is 120 cm³/mol. The van der Waals surface area contributed by atoms with Gasteiger partial charge in [0, 0.05) is 0 Å². The van der Waals surface area contributed by atoms with Crippen LogP contribution >= 0.6 is 0 Å². The fraction of sp³-hybridized carbons (Fsp3) is 0.852. The second kappa shape index (κ2) is 7.83. The number of aliphatic hydroxyl groups is 2. The Balaban J connectivity index is 1.55. The number of fused-ring (bicyclic) bond motifs is 5. The van der Waals surface area contributed by atoms with Gasteiger partial charge in [0.05, 0.1) is 6.10 Å². The fourth-order valence-electron chi connectivity index (χ4n) is 8.08. The topological polar surface area (TPSA) is 40.5 Å². The van der Waals surface area contributed by atoms with E-state index in [0.717, 1.165) is 42.1 Å². The summed E-state index contributed by atoms with van der Waals surface area (Å²) in [5, 5.41) is 20.9. The van der Waals surface area contributed by atoms with Crippen LogP contribution in [-0.2, 0) is 0 Å². The molecule has 3 fully saturated rings. The summed E-state index contributed by atoms with van der Waals surface area (Å²) in [5.74, 6) is 3.80. The second-order valence-corrected chi connectivity index (χ2v) is 11.9. The van der Waals surface area contributed by atoms with E-state index in [2.05, 4.69) is 46.8 Å². The molecule has 0 amide bonds. The van der Waals surface area contributed by atoms with Crippen LogP contribution in [0.2, 0.25) is 0 Å². The number of hydrogen-bond donors (Lipinski definition) is 2.